The number of likely N-dealkylation sites (tertiary alicyclic amines) is 1. The van der Waals surface area contributed by atoms with Crippen LogP contribution in [0.4, 0.5) is 0 Å². The van der Waals surface area contributed by atoms with Gasteiger partial charge in [0.1, 0.15) is 0 Å². The van der Waals surface area contributed by atoms with Gasteiger partial charge < -0.3 is 10.4 Å². The zero-order valence-corrected chi connectivity index (χ0v) is 12.2. The largest absolute Gasteiger partial charge is 0.396 e. The average molecular weight is 266 g/mol. The van der Waals surface area contributed by atoms with Crippen LogP contribution in [0.2, 0.25) is 0 Å². The van der Waals surface area contributed by atoms with Gasteiger partial charge in [-0.25, -0.2) is 0 Å². The van der Waals surface area contributed by atoms with Gasteiger partial charge in [0, 0.05) is 37.8 Å². The summed E-state index contributed by atoms with van der Waals surface area (Å²) in [6.07, 6.45) is 12.0. The molecule has 3 rings (SSSR count). The highest BCUT2D eigenvalue weighted by Crippen LogP contribution is 2.33. The van der Waals surface area contributed by atoms with E-state index in [1.807, 2.05) is 0 Å². The summed E-state index contributed by atoms with van der Waals surface area (Å²) in [4.78, 5) is 2.73. The molecule has 2 aliphatic carbocycles. The first-order valence-corrected chi connectivity index (χ1v) is 8.46. The molecule has 0 aromatic rings. The number of nitrogens with zero attached hydrogens (tertiary/aromatic N) is 1. The number of hydrogen-bond acceptors (Lipinski definition) is 3. The lowest BCUT2D eigenvalue weighted by Gasteiger charge is -2.39. The van der Waals surface area contributed by atoms with E-state index in [9.17, 15) is 0 Å². The second kappa shape index (κ2) is 6.55. The molecular formula is C16H30N2O. The van der Waals surface area contributed by atoms with E-state index in [2.05, 4.69) is 10.2 Å². The van der Waals surface area contributed by atoms with Crippen LogP contribution in [0.25, 0.3) is 0 Å². The van der Waals surface area contributed by atoms with E-state index in [1.54, 1.807) is 0 Å². The zero-order chi connectivity index (χ0) is 13.1. The van der Waals surface area contributed by atoms with Crippen molar-refractivity contribution >= 4 is 0 Å². The predicted molar refractivity (Wildman–Crippen MR) is 78.2 cm³/mol. The van der Waals surface area contributed by atoms with Crippen molar-refractivity contribution in [3.63, 3.8) is 0 Å². The van der Waals surface area contributed by atoms with Crippen LogP contribution >= 0.6 is 0 Å². The second-order valence-electron chi connectivity index (χ2n) is 7.00. The molecule has 2 saturated carbocycles. The van der Waals surface area contributed by atoms with Crippen molar-refractivity contribution < 1.29 is 5.11 Å². The van der Waals surface area contributed by atoms with Crippen LogP contribution in [0, 0.1) is 5.92 Å². The van der Waals surface area contributed by atoms with Crippen LogP contribution in [0.1, 0.15) is 57.8 Å². The Bertz CT molecular complexity index is 272. The molecule has 0 bridgehead atoms. The van der Waals surface area contributed by atoms with Crippen molar-refractivity contribution in [2.45, 2.75) is 75.9 Å². The molecule has 0 amide bonds. The van der Waals surface area contributed by atoms with E-state index in [4.69, 9.17) is 5.11 Å². The Morgan fingerprint density at radius 1 is 1.00 bits per heavy atom. The monoisotopic (exact) mass is 266 g/mol. The second-order valence-corrected chi connectivity index (χ2v) is 7.00. The minimum atomic E-state index is 0.362. The van der Waals surface area contributed by atoms with E-state index in [0.29, 0.717) is 12.6 Å². The van der Waals surface area contributed by atoms with Gasteiger partial charge in [-0.3, -0.25) is 4.90 Å². The van der Waals surface area contributed by atoms with Gasteiger partial charge in [-0.2, -0.15) is 0 Å². The van der Waals surface area contributed by atoms with Crippen LogP contribution in [-0.4, -0.2) is 47.8 Å². The predicted octanol–water partition coefficient (Wildman–Crippen LogP) is 2.14. The molecule has 3 heteroatoms. The van der Waals surface area contributed by atoms with E-state index in [-0.39, 0.29) is 0 Å². The zero-order valence-electron chi connectivity index (χ0n) is 12.2. The first-order chi connectivity index (χ1) is 9.35. The quantitative estimate of drug-likeness (QED) is 0.773. The molecule has 2 atom stereocenters. The highest BCUT2D eigenvalue weighted by atomic mass is 16.2. The molecule has 3 fully saturated rings. The van der Waals surface area contributed by atoms with Crippen molar-refractivity contribution in [1.82, 2.24) is 10.2 Å². The summed E-state index contributed by atoms with van der Waals surface area (Å²) in [5, 5.41) is 13.0. The topological polar surface area (TPSA) is 35.5 Å². The van der Waals surface area contributed by atoms with Crippen LogP contribution in [0.15, 0.2) is 0 Å². The van der Waals surface area contributed by atoms with Crippen LogP contribution in [-0.2, 0) is 0 Å². The standard InChI is InChI=1S/C16H30N2O/c19-9-3-4-13-10-15(17-14-5-1-2-6-14)12-18(11-13)16-7-8-16/h13-17,19H,1-12H2. The first kappa shape index (κ1) is 13.8. The Morgan fingerprint density at radius 2 is 1.79 bits per heavy atom. The summed E-state index contributed by atoms with van der Waals surface area (Å²) in [7, 11) is 0. The summed E-state index contributed by atoms with van der Waals surface area (Å²) >= 11 is 0. The van der Waals surface area contributed by atoms with Crippen molar-refractivity contribution in [3.8, 4) is 0 Å². The highest BCUT2D eigenvalue weighted by molar-refractivity contribution is 4.93. The fourth-order valence-electron chi connectivity index (χ4n) is 4.11. The van der Waals surface area contributed by atoms with Crippen LogP contribution < -0.4 is 5.32 Å². The minimum Gasteiger partial charge on any atom is -0.396 e. The normalized spacial score (nSPS) is 33.9. The number of piperidine rings is 1. The van der Waals surface area contributed by atoms with Crippen molar-refractivity contribution in [2.24, 2.45) is 5.92 Å². The van der Waals surface area contributed by atoms with Crippen molar-refractivity contribution in [1.29, 1.82) is 0 Å². The highest BCUT2D eigenvalue weighted by Gasteiger charge is 2.36. The summed E-state index contributed by atoms with van der Waals surface area (Å²) in [5.74, 6) is 0.806. The van der Waals surface area contributed by atoms with E-state index in [0.717, 1.165) is 24.4 Å². The number of nitrogens with one attached hydrogen (secondary N) is 1. The molecule has 3 nitrogen and oxygen atoms in total. The van der Waals surface area contributed by atoms with Gasteiger partial charge in [-0.15, -0.1) is 0 Å². The van der Waals surface area contributed by atoms with Gasteiger partial charge in [0.2, 0.25) is 0 Å². The number of aliphatic hydroxyl groups excluding tert-OH is 1. The lowest BCUT2D eigenvalue weighted by atomic mass is 9.89. The van der Waals surface area contributed by atoms with Crippen molar-refractivity contribution in [3.05, 3.63) is 0 Å². The Morgan fingerprint density at radius 3 is 2.47 bits per heavy atom. The molecule has 0 aromatic carbocycles. The fraction of sp³-hybridized carbons (Fsp3) is 1.00. The number of hydrogen-bond donors (Lipinski definition) is 2. The Hall–Kier alpha value is -0.120. The maximum atomic E-state index is 9.05. The summed E-state index contributed by atoms with van der Waals surface area (Å²) in [6.45, 7) is 2.92. The number of rotatable bonds is 6. The van der Waals surface area contributed by atoms with E-state index in [1.165, 1.54) is 64.5 Å². The molecule has 0 aromatic heterocycles. The molecule has 0 radical (unpaired) electrons. The fourth-order valence-corrected chi connectivity index (χ4v) is 4.11. The Labute approximate surface area is 117 Å². The lowest BCUT2D eigenvalue weighted by molar-refractivity contribution is 0.118. The van der Waals surface area contributed by atoms with Gasteiger partial charge in [0.25, 0.3) is 0 Å². The molecule has 1 saturated heterocycles. The molecule has 1 aliphatic heterocycles. The summed E-state index contributed by atoms with van der Waals surface area (Å²) < 4.78 is 0. The third-order valence-corrected chi connectivity index (χ3v) is 5.23. The molecule has 2 unspecified atom stereocenters. The molecule has 110 valence electrons. The van der Waals surface area contributed by atoms with Gasteiger partial charge >= 0.3 is 0 Å². The molecule has 3 aliphatic rings. The van der Waals surface area contributed by atoms with Gasteiger partial charge in [0.05, 0.1) is 0 Å². The summed E-state index contributed by atoms with van der Waals surface area (Å²) in [5.41, 5.74) is 0. The Kier molecular flexibility index (Phi) is 4.78. The molecule has 0 spiro atoms. The number of aliphatic hydroxyl groups is 1. The third-order valence-electron chi connectivity index (χ3n) is 5.23. The smallest absolute Gasteiger partial charge is 0.0431 e. The maximum absolute atomic E-state index is 9.05. The van der Waals surface area contributed by atoms with E-state index < -0.39 is 0 Å². The van der Waals surface area contributed by atoms with Gasteiger partial charge in [-0.1, -0.05) is 12.8 Å². The average Bonchev–Trinajstić information content (AvgIpc) is 3.16. The molecule has 2 N–H and O–H groups in total. The SMILES string of the molecule is OCCCC1CC(NC2CCCC2)CN(C2CC2)C1. The van der Waals surface area contributed by atoms with Crippen molar-refractivity contribution in [2.75, 3.05) is 19.7 Å². The Balaban J connectivity index is 1.52. The lowest BCUT2D eigenvalue weighted by Crippen LogP contribution is -2.52. The summed E-state index contributed by atoms with van der Waals surface area (Å²) in [6, 6.07) is 2.40. The molecule has 19 heavy (non-hydrogen) atoms. The minimum absolute atomic E-state index is 0.362. The molecular weight excluding hydrogens is 236 g/mol. The van der Waals surface area contributed by atoms with Gasteiger partial charge in [-0.05, 0) is 50.9 Å². The third kappa shape index (κ3) is 3.93. The maximum Gasteiger partial charge on any atom is 0.0431 e. The first-order valence-electron chi connectivity index (χ1n) is 8.46. The molecule has 1 heterocycles. The van der Waals surface area contributed by atoms with E-state index >= 15 is 0 Å². The van der Waals surface area contributed by atoms with Gasteiger partial charge in [0.15, 0.2) is 0 Å². The van der Waals surface area contributed by atoms with Crippen LogP contribution in [0.5, 0.6) is 0 Å². The van der Waals surface area contributed by atoms with Crippen LogP contribution in [0.3, 0.4) is 0 Å².